The lowest BCUT2D eigenvalue weighted by molar-refractivity contribution is -0.254. The first-order chi connectivity index (χ1) is 20.6. The van der Waals surface area contributed by atoms with Crippen LogP contribution in [0.15, 0.2) is 66.7 Å². The number of hydrogen-bond donors (Lipinski definition) is 3. The first-order valence-corrected chi connectivity index (χ1v) is 16.1. The van der Waals surface area contributed by atoms with E-state index in [-0.39, 0.29) is 42.7 Å². The molecule has 0 saturated heterocycles. The van der Waals surface area contributed by atoms with E-state index >= 15 is 0 Å². The highest BCUT2D eigenvalue weighted by Crippen LogP contribution is 2.74. The van der Waals surface area contributed by atoms with Crippen LogP contribution in [0.5, 0.6) is 0 Å². The average molecular weight is 579 g/mol. The van der Waals surface area contributed by atoms with Gasteiger partial charge in [-0.15, -0.1) is 0 Å². The van der Waals surface area contributed by atoms with Gasteiger partial charge in [-0.25, -0.2) is 0 Å². The van der Waals surface area contributed by atoms with E-state index in [1.54, 1.807) is 0 Å². The van der Waals surface area contributed by atoms with Gasteiger partial charge in [0.05, 0.1) is 11.5 Å². The van der Waals surface area contributed by atoms with Crippen molar-refractivity contribution in [2.24, 2.45) is 28.6 Å². The molecule has 9 bridgehead atoms. The number of fused-ring (bicyclic) bond motifs is 6. The third-order valence-electron chi connectivity index (χ3n) is 12.8. The van der Waals surface area contributed by atoms with Gasteiger partial charge in [0.1, 0.15) is 5.78 Å². The van der Waals surface area contributed by atoms with Crippen LogP contribution in [0.4, 0.5) is 0 Å². The van der Waals surface area contributed by atoms with Crippen molar-refractivity contribution in [1.29, 1.82) is 0 Å². The molecular formula is C38H42O5. The molecule has 0 amide bonds. The van der Waals surface area contributed by atoms with Gasteiger partial charge in [-0.2, -0.15) is 0 Å². The van der Waals surface area contributed by atoms with Gasteiger partial charge in [0.2, 0.25) is 0 Å². The number of carbonyl (C=O) groups is 1. The quantitative estimate of drug-likeness (QED) is 0.272. The normalized spacial score (nSPS) is 39.7. The zero-order valence-electron chi connectivity index (χ0n) is 25.2. The fraction of sp³-hybridized carbons (Fsp3) is 0.500. The summed E-state index contributed by atoms with van der Waals surface area (Å²) in [4.78, 5) is 14.7. The number of ketones is 1. The molecule has 0 aromatic heterocycles. The smallest absolute Gasteiger partial charge is 0.185 e. The predicted molar refractivity (Wildman–Crippen MR) is 166 cm³/mol. The third kappa shape index (κ3) is 3.45. The number of carbonyl (C=O) groups excluding carboxylic acids is 1. The van der Waals surface area contributed by atoms with Crippen LogP contribution >= 0.6 is 0 Å². The van der Waals surface area contributed by atoms with Crippen molar-refractivity contribution in [3.8, 4) is 0 Å². The number of aryl methyl sites for hydroxylation is 1. The largest absolute Gasteiger partial charge is 0.396 e. The first-order valence-electron chi connectivity index (χ1n) is 16.1. The second kappa shape index (κ2) is 9.34. The highest BCUT2D eigenvalue weighted by molar-refractivity contribution is 5.90. The number of ether oxygens (including phenoxy) is 1. The average Bonchev–Trinajstić information content (AvgIpc) is 3.35. The van der Waals surface area contributed by atoms with E-state index < -0.39 is 22.5 Å². The Morgan fingerprint density at radius 2 is 1.86 bits per heavy atom. The van der Waals surface area contributed by atoms with E-state index in [1.165, 1.54) is 29.2 Å². The van der Waals surface area contributed by atoms with Gasteiger partial charge in [0.15, 0.2) is 5.79 Å². The zero-order chi connectivity index (χ0) is 29.9. The molecule has 0 aliphatic heterocycles. The highest BCUT2D eigenvalue weighted by atomic mass is 16.6. The van der Waals surface area contributed by atoms with Crippen LogP contribution in [0.1, 0.15) is 72.3 Å². The van der Waals surface area contributed by atoms with Crippen LogP contribution in [0.2, 0.25) is 0 Å². The molecule has 5 aliphatic rings. The van der Waals surface area contributed by atoms with Gasteiger partial charge in [-0.1, -0.05) is 73.7 Å². The molecule has 0 unspecified atom stereocenters. The van der Waals surface area contributed by atoms with E-state index in [4.69, 9.17) is 4.74 Å². The maximum Gasteiger partial charge on any atom is 0.185 e. The standard InChI is InChI=1S/C38H42O5/c1-21-34-29(20-39)19-37(38(34,42)43-3)32(40)12-8-22-5-4-6-25(13-22)30-11-10-26-16-28-15-24-9-7-23(18-36(21,37)2)14-27(24)17-31(28)33(30)35(26)41/h4-7,9,13-15,17,26,29-30,33-35,39,41-42H,1,8,10-12,16,18-20H2,2-3H3/t26-,29+,30+,33+,34-,35-,36+,37+,38+/m0/s1. The maximum absolute atomic E-state index is 14.7. The molecule has 0 radical (unpaired) electrons. The number of methoxy groups -OCH3 is 1. The molecule has 9 atom stereocenters. The van der Waals surface area contributed by atoms with E-state index in [1.807, 2.05) is 0 Å². The number of aliphatic hydroxyl groups is 3. The maximum atomic E-state index is 14.7. The Balaban J connectivity index is 1.35. The summed E-state index contributed by atoms with van der Waals surface area (Å²) in [7, 11) is 1.49. The van der Waals surface area contributed by atoms with Crippen LogP contribution < -0.4 is 0 Å². The molecule has 5 heteroatoms. The van der Waals surface area contributed by atoms with Gasteiger partial charge in [0, 0.05) is 37.4 Å². The Hall–Kier alpha value is -2.83. The summed E-state index contributed by atoms with van der Waals surface area (Å²) in [6.07, 6.45) is 4.34. The lowest BCUT2D eigenvalue weighted by Crippen LogP contribution is -2.56. The summed E-state index contributed by atoms with van der Waals surface area (Å²) in [5.41, 5.74) is 4.85. The van der Waals surface area contributed by atoms with Crippen molar-refractivity contribution in [1.82, 2.24) is 0 Å². The summed E-state index contributed by atoms with van der Waals surface area (Å²) in [5, 5.41) is 36.6. The molecule has 5 nitrogen and oxygen atoms in total. The van der Waals surface area contributed by atoms with E-state index in [2.05, 4.69) is 68.1 Å². The van der Waals surface area contributed by atoms with Crippen molar-refractivity contribution >= 4 is 16.6 Å². The van der Waals surface area contributed by atoms with E-state index in [0.29, 0.717) is 25.2 Å². The topological polar surface area (TPSA) is 87.0 Å². The molecular weight excluding hydrogens is 536 g/mol. The van der Waals surface area contributed by atoms with Gasteiger partial charge < -0.3 is 20.1 Å². The van der Waals surface area contributed by atoms with Gasteiger partial charge >= 0.3 is 0 Å². The highest BCUT2D eigenvalue weighted by Gasteiger charge is 2.80. The van der Waals surface area contributed by atoms with Crippen LogP contribution in [-0.2, 0) is 28.8 Å². The van der Waals surface area contributed by atoms with Crippen molar-refractivity contribution in [3.63, 3.8) is 0 Å². The molecule has 8 rings (SSSR count). The van der Waals surface area contributed by atoms with Crippen molar-refractivity contribution in [3.05, 3.63) is 94.6 Å². The minimum Gasteiger partial charge on any atom is -0.396 e. The molecule has 3 aromatic rings. The van der Waals surface area contributed by atoms with Crippen molar-refractivity contribution in [2.75, 3.05) is 13.7 Å². The van der Waals surface area contributed by atoms with Crippen LogP contribution in [0, 0.1) is 28.6 Å². The molecule has 3 fully saturated rings. The Morgan fingerprint density at radius 3 is 2.65 bits per heavy atom. The lowest BCUT2D eigenvalue weighted by atomic mass is 9.55. The summed E-state index contributed by atoms with van der Waals surface area (Å²) < 4.78 is 5.94. The molecule has 3 saturated carbocycles. The molecule has 3 N–H and O–H groups in total. The fourth-order valence-corrected chi connectivity index (χ4v) is 10.8. The molecule has 224 valence electrons. The second-order valence-electron chi connectivity index (χ2n) is 14.5. The Labute approximate surface area is 253 Å². The van der Waals surface area contributed by atoms with E-state index in [0.717, 1.165) is 41.3 Å². The Morgan fingerprint density at radius 1 is 1.02 bits per heavy atom. The minimum atomic E-state index is -1.73. The molecule has 3 aromatic carbocycles. The van der Waals surface area contributed by atoms with Crippen LogP contribution in [0.3, 0.4) is 0 Å². The molecule has 5 aliphatic carbocycles. The minimum absolute atomic E-state index is 0.0209. The van der Waals surface area contributed by atoms with Crippen LogP contribution in [0.25, 0.3) is 10.8 Å². The summed E-state index contributed by atoms with van der Waals surface area (Å²) in [5.74, 6) is -2.00. The Kier molecular flexibility index (Phi) is 6.02. The SMILES string of the molecule is C=C1[C@H]2[C@@H](CO)C[C@]3(C(=O)CCc4cccc(c4)[C@H]4CC[C@H]5Cc6cc7ccc(cc7cc6[C@@H]4[C@H]5O)C[C@]13C)[C@]2(O)OC. The number of Topliss-reactive ketones (excluding diaryl/α,β-unsaturated/α-hetero) is 1. The van der Waals surface area contributed by atoms with Crippen molar-refractivity contribution in [2.45, 2.75) is 75.6 Å². The molecule has 43 heavy (non-hydrogen) atoms. The predicted octanol–water partition coefficient (Wildman–Crippen LogP) is 5.62. The van der Waals surface area contributed by atoms with Gasteiger partial charge in [-0.05, 0) is 94.9 Å². The van der Waals surface area contributed by atoms with E-state index in [9.17, 15) is 20.1 Å². The van der Waals surface area contributed by atoms with Gasteiger partial charge in [0.25, 0.3) is 0 Å². The van der Waals surface area contributed by atoms with Crippen LogP contribution in [-0.4, -0.2) is 46.7 Å². The summed E-state index contributed by atoms with van der Waals surface area (Å²) in [6, 6.07) is 19.8. The monoisotopic (exact) mass is 578 g/mol. The lowest BCUT2D eigenvalue weighted by Gasteiger charge is -2.48. The number of benzene rings is 3. The Bertz CT molecular complexity index is 1680. The summed E-state index contributed by atoms with van der Waals surface area (Å²) in [6.45, 7) is 6.46. The zero-order valence-corrected chi connectivity index (χ0v) is 25.2. The number of aliphatic hydroxyl groups excluding tert-OH is 2. The molecule has 0 heterocycles. The summed E-state index contributed by atoms with van der Waals surface area (Å²) >= 11 is 0. The first kappa shape index (κ1) is 27.7. The second-order valence-corrected chi connectivity index (χ2v) is 14.5. The fourth-order valence-electron chi connectivity index (χ4n) is 10.8. The third-order valence-corrected chi connectivity index (χ3v) is 12.8. The number of hydrogen-bond acceptors (Lipinski definition) is 5. The number of rotatable bonds is 2. The van der Waals surface area contributed by atoms with Gasteiger partial charge in [-0.3, -0.25) is 4.79 Å². The molecule has 1 spiro atoms. The van der Waals surface area contributed by atoms with Crippen molar-refractivity contribution < 1.29 is 24.9 Å².